The Kier molecular flexibility index (Phi) is 8.08. The number of hydrogen-bond donors (Lipinski definition) is 2. The van der Waals surface area contributed by atoms with Gasteiger partial charge in [-0.2, -0.15) is 0 Å². The number of carboxylic acid groups (broad SMARTS) is 1. The van der Waals surface area contributed by atoms with Gasteiger partial charge in [0.05, 0.1) is 12.3 Å². The molecule has 172 valence electrons. The standard InChI is InChI=1S/C27H29NO5/c1-18-8-6-9-21(16-18)17-33-24-14-13-22(19(2)20(24)3)27(31)28-23-10-4-5-11-25(23)32-15-7-12-26(29)30/h4-6,8-11,13-14,16H,7,12,15,17H2,1-3H3,(H,28,31)(H,29,30). The highest BCUT2D eigenvalue weighted by Gasteiger charge is 2.16. The van der Waals surface area contributed by atoms with Crippen LogP contribution in [0, 0.1) is 20.8 Å². The van der Waals surface area contributed by atoms with E-state index in [1.165, 1.54) is 5.56 Å². The molecule has 0 spiro atoms. The van der Waals surface area contributed by atoms with Crippen LogP contribution in [0.2, 0.25) is 0 Å². The van der Waals surface area contributed by atoms with Gasteiger partial charge in [-0.3, -0.25) is 9.59 Å². The lowest BCUT2D eigenvalue weighted by atomic mass is 10.0. The number of carboxylic acids is 1. The summed E-state index contributed by atoms with van der Waals surface area (Å²) in [4.78, 5) is 23.7. The molecule has 1 amide bonds. The van der Waals surface area contributed by atoms with Crippen LogP contribution >= 0.6 is 0 Å². The Bertz CT molecular complexity index is 1140. The number of amides is 1. The first-order valence-corrected chi connectivity index (χ1v) is 10.9. The first kappa shape index (κ1) is 23.9. The van der Waals surface area contributed by atoms with E-state index in [9.17, 15) is 9.59 Å². The van der Waals surface area contributed by atoms with E-state index >= 15 is 0 Å². The lowest BCUT2D eigenvalue weighted by molar-refractivity contribution is -0.137. The summed E-state index contributed by atoms with van der Waals surface area (Å²) in [7, 11) is 0. The average molecular weight is 448 g/mol. The molecule has 0 aliphatic rings. The minimum atomic E-state index is -0.864. The Labute approximate surface area is 194 Å². The Hall–Kier alpha value is -3.80. The Morgan fingerprint density at radius 3 is 2.42 bits per heavy atom. The molecule has 6 heteroatoms. The molecule has 0 aliphatic carbocycles. The fourth-order valence-corrected chi connectivity index (χ4v) is 3.45. The van der Waals surface area contributed by atoms with Gasteiger partial charge >= 0.3 is 5.97 Å². The maximum Gasteiger partial charge on any atom is 0.303 e. The average Bonchev–Trinajstić information content (AvgIpc) is 2.78. The molecule has 2 N–H and O–H groups in total. The van der Waals surface area contributed by atoms with Crippen molar-refractivity contribution in [2.75, 3.05) is 11.9 Å². The smallest absolute Gasteiger partial charge is 0.303 e. The van der Waals surface area contributed by atoms with Crippen LogP contribution in [0.25, 0.3) is 0 Å². The normalized spacial score (nSPS) is 10.5. The largest absolute Gasteiger partial charge is 0.491 e. The summed E-state index contributed by atoms with van der Waals surface area (Å²) in [6, 6.07) is 18.9. The van der Waals surface area contributed by atoms with Crippen molar-refractivity contribution < 1.29 is 24.2 Å². The van der Waals surface area contributed by atoms with E-state index in [1.54, 1.807) is 30.3 Å². The number of para-hydroxylation sites is 2. The number of hydrogen-bond acceptors (Lipinski definition) is 4. The molecule has 3 aromatic carbocycles. The number of rotatable bonds is 10. The van der Waals surface area contributed by atoms with Crippen molar-refractivity contribution in [2.45, 2.75) is 40.2 Å². The van der Waals surface area contributed by atoms with E-state index in [1.807, 2.05) is 45.0 Å². The molecule has 6 nitrogen and oxygen atoms in total. The van der Waals surface area contributed by atoms with Gasteiger partial charge in [-0.05, 0) is 68.1 Å². The van der Waals surface area contributed by atoms with Crippen LogP contribution < -0.4 is 14.8 Å². The number of carbonyl (C=O) groups excluding carboxylic acids is 1. The highest BCUT2D eigenvalue weighted by molar-refractivity contribution is 6.06. The molecule has 0 heterocycles. The molecule has 0 atom stereocenters. The lowest BCUT2D eigenvalue weighted by Gasteiger charge is -2.16. The second-order valence-electron chi connectivity index (χ2n) is 7.94. The summed E-state index contributed by atoms with van der Waals surface area (Å²) < 4.78 is 11.7. The highest BCUT2D eigenvalue weighted by atomic mass is 16.5. The van der Waals surface area contributed by atoms with E-state index in [0.29, 0.717) is 30.0 Å². The molecule has 0 radical (unpaired) electrons. The summed E-state index contributed by atoms with van der Waals surface area (Å²) in [6.45, 7) is 6.60. The molecule has 0 bridgehead atoms. The second-order valence-corrected chi connectivity index (χ2v) is 7.94. The molecule has 3 rings (SSSR count). The molecule has 0 aliphatic heterocycles. The Morgan fingerprint density at radius 2 is 1.67 bits per heavy atom. The van der Waals surface area contributed by atoms with Crippen molar-refractivity contribution in [2.24, 2.45) is 0 Å². The van der Waals surface area contributed by atoms with E-state index < -0.39 is 5.97 Å². The quantitative estimate of drug-likeness (QED) is 0.390. The summed E-state index contributed by atoms with van der Waals surface area (Å²) in [6.07, 6.45) is 0.422. The van der Waals surface area contributed by atoms with Gasteiger partial charge in [-0.25, -0.2) is 0 Å². The van der Waals surface area contributed by atoms with Gasteiger partial charge < -0.3 is 19.9 Å². The number of anilines is 1. The van der Waals surface area contributed by atoms with Crippen LogP contribution in [0.15, 0.2) is 60.7 Å². The summed E-state index contributed by atoms with van der Waals surface area (Å²) in [5.74, 6) is 0.135. The first-order valence-electron chi connectivity index (χ1n) is 10.9. The number of aliphatic carboxylic acids is 1. The van der Waals surface area contributed by atoms with Gasteiger partial charge in [0.25, 0.3) is 5.91 Å². The van der Waals surface area contributed by atoms with Crippen molar-refractivity contribution in [1.82, 2.24) is 0 Å². The number of aryl methyl sites for hydroxylation is 1. The molecular formula is C27H29NO5. The van der Waals surface area contributed by atoms with Gasteiger partial charge in [0.1, 0.15) is 18.1 Å². The third kappa shape index (κ3) is 6.59. The first-order chi connectivity index (χ1) is 15.8. The maximum absolute atomic E-state index is 13.0. The van der Waals surface area contributed by atoms with Crippen molar-refractivity contribution in [1.29, 1.82) is 0 Å². The zero-order valence-electron chi connectivity index (χ0n) is 19.2. The topological polar surface area (TPSA) is 84.9 Å². The second kappa shape index (κ2) is 11.2. The predicted molar refractivity (Wildman–Crippen MR) is 128 cm³/mol. The van der Waals surface area contributed by atoms with Crippen LogP contribution in [0.1, 0.15) is 45.5 Å². The van der Waals surface area contributed by atoms with Crippen molar-refractivity contribution in [3.8, 4) is 11.5 Å². The van der Waals surface area contributed by atoms with Crippen molar-refractivity contribution >= 4 is 17.6 Å². The molecule has 0 aromatic heterocycles. The minimum Gasteiger partial charge on any atom is -0.491 e. The molecule has 3 aromatic rings. The van der Waals surface area contributed by atoms with Gasteiger partial charge in [-0.15, -0.1) is 0 Å². The van der Waals surface area contributed by atoms with Gasteiger partial charge in [0, 0.05) is 12.0 Å². The van der Waals surface area contributed by atoms with Crippen LogP contribution in [0.3, 0.4) is 0 Å². The predicted octanol–water partition coefficient (Wildman–Crippen LogP) is 5.69. The van der Waals surface area contributed by atoms with Crippen molar-refractivity contribution in [3.63, 3.8) is 0 Å². The fraction of sp³-hybridized carbons (Fsp3) is 0.259. The number of carbonyl (C=O) groups is 2. The van der Waals surface area contributed by atoms with E-state index in [-0.39, 0.29) is 18.9 Å². The van der Waals surface area contributed by atoms with Gasteiger partial charge in [-0.1, -0.05) is 42.0 Å². The Balaban J connectivity index is 1.68. The van der Waals surface area contributed by atoms with E-state index in [0.717, 1.165) is 22.4 Å². The molecule has 0 fully saturated rings. The fourth-order valence-electron chi connectivity index (χ4n) is 3.45. The summed E-state index contributed by atoms with van der Waals surface area (Å²) >= 11 is 0. The summed E-state index contributed by atoms with van der Waals surface area (Å²) in [5, 5.41) is 11.7. The minimum absolute atomic E-state index is 0.0330. The summed E-state index contributed by atoms with van der Waals surface area (Å²) in [5.41, 5.74) is 5.12. The zero-order valence-corrected chi connectivity index (χ0v) is 19.2. The number of nitrogens with one attached hydrogen (secondary N) is 1. The van der Waals surface area contributed by atoms with Gasteiger partial charge in [0.2, 0.25) is 0 Å². The molecule has 0 saturated heterocycles. The van der Waals surface area contributed by atoms with E-state index in [2.05, 4.69) is 11.4 Å². The molecule has 0 unspecified atom stereocenters. The highest BCUT2D eigenvalue weighted by Crippen LogP contribution is 2.28. The number of ether oxygens (including phenoxy) is 2. The molecular weight excluding hydrogens is 418 g/mol. The van der Waals surface area contributed by atoms with E-state index in [4.69, 9.17) is 14.6 Å². The molecule has 33 heavy (non-hydrogen) atoms. The lowest BCUT2D eigenvalue weighted by Crippen LogP contribution is -2.15. The van der Waals surface area contributed by atoms with Crippen LogP contribution in [-0.4, -0.2) is 23.6 Å². The third-order valence-corrected chi connectivity index (χ3v) is 5.39. The van der Waals surface area contributed by atoms with Crippen LogP contribution in [0.4, 0.5) is 5.69 Å². The Morgan fingerprint density at radius 1 is 0.879 bits per heavy atom. The van der Waals surface area contributed by atoms with Crippen molar-refractivity contribution in [3.05, 3.63) is 88.5 Å². The third-order valence-electron chi connectivity index (χ3n) is 5.39. The maximum atomic E-state index is 13.0. The van der Waals surface area contributed by atoms with Crippen LogP contribution in [-0.2, 0) is 11.4 Å². The monoisotopic (exact) mass is 447 g/mol. The van der Waals surface area contributed by atoms with Gasteiger partial charge in [0.15, 0.2) is 0 Å². The number of benzene rings is 3. The SMILES string of the molecule is Cc1cccc(COc2ccc(C(=O)Nc3ccccc3OCCCC(=O)O)c(C)c2C)c1. The molecule has 0 saturated carbocycles. The zero-order chi connectivity index (χ0) is 23.8. The van der Waals surface area contributed by atoms with Crippen LogP contribution in [0.5, 0.6) is 11.5 Å².